The summed E-state index contributed by atoms with van der Waals surface area (Å²) < 4.78 is 17.6. The molecule has 0 fully saturated rings. The first kappa shape index (κ1) is 15.4. The number of carbonyl (C=O) groups excluding carboxylic acids is 1. The summed E-state index contributed by atoms with van der Waals surface area (Å²) in [5, 5.41) is 2.34. The van der Waals surface area contributed by atoms with E-state index >= 15 is 0 Å². The lowest BCUT2D eigenvalue weighted by Crippen LogP contribution is -2.10. The Morgan fingerprint density at radius 3 is 2.60 bits per heavy atom. The summed E-state index contributed by atoms with van der Waals surface area (Å²) in [5.74, 6) is -0.436. The molecule has 0 spiro atoms. The van der Waals surface area contributed by atoms with E-state index < -0.39 is 11.9 Å². The Balaban J connectivity index is 0.000000921. The summed E-state index contributed by atoms with van der Waals surface area (Å²) in [6.07, 6.45) is -0.623. The van der Waals surface area contributed by atoms with E-state index in [0.29, 0.717) is 10.2 Å². The van der Waals surface area contributed by atoms with Crippen LogP contribution in [0.5, 0.6) is 0 Å². The van der Waals surface area contributed by atoms with Crippen molar-refractivity contribution in [1.29, 1.82) is 0 Å². The number of amides is 1. The highest BCUT2D eigenvalue weighted by Crippen LogP contribution is 2.19. The molecule has 0 aliphatic heterocycles. The molecule has 84 valence electrons. The van der Waals surface area contributed by atoms with Crippen LogP contribution in [0.3, 0.4) is 0 Å². The molecule has 0 unspecified atom stereocenters. The molecule has 7 heteroatoms. The van der Waals surface area contributed by atoms with Crippen molar-refractivity contribution in [2.24, 2.45) is 0 Å². The Morgan fingerprint density at radius 1 is 1.53 bits per heavy atom. The number of halogens is 4. The van der Waals surface area contributed by atoms with Crippen molar-refractivity contribution < 1.29 is 13.9 Å². The number of hydrogen-bond acceptors (Lipinski definition) is 2. The molecule has 0 aromatic heterocycles. The predicted molar refractivity (Wildman–Crippen MR) is 78.2 cm³/mol. The van der Waals surface area contributed by atoms with E-state index in [1.165, 1.54) is 19.2 Å². The first-order chi connectivity index (χ1) is 7.13. The van der Waals surface area contributed by atoms with Crippen molar-refractivity contribution in [3.8, 4) is 0 Å². The second-order valence-corrected chi connectivity index (χ2v) is 3.10. The maximum absolute atomic E-state index is 12.9. The van der Waals surface area contributed by atoms with Gasteiger partial charge < -0.3 is 4.74 Å². The van der Waals surface area contributed by atoms with E-state index in [9.17, 15) is 9.18 Å². The summed E-state index contributed by atoms with van der Waals surface area (Å²) in [6.45, 7) is 0. The lowest BCUT2D eigenvalue weighted by atomic mass is 10.3. The van der Waals surface area contributed by atoms with E-state index in [1.807, 2.05) is 0 Å². The lowest BCUT2D eigenvalue weighted by molar-refractivity contribution is 0.187. The molecule has 1 aromatic rings. The van der Waals surface area contributed by atoms with Gasteiger partial charge in [0, 0.05) is 42.9 Å². The molecule has 15 heavy (non-hydrogen) atoms. The third-order valence-corrected chi connectivity index (χ3v) is 1.99. The van der Waals surface area contributed by atoms with Gasteiger partial charge in [-0.2, -0.15) is 0 Å². The largest absolute Gasteiger partial charge is 0.453 e. The summed E-state index contributed by atoms with van der Waals surface area (Å²) in [6, 6.07) is 4.26. The molecule has 0 heterocycles. The van der Waals surface area contributed by atoms with Crippen molar-refractivity contribution >= 4 is 64.9 Å². The van der Waals surface area contributed by atoms with Crippen LogP contribution in [0.2, 0.25) is 0 Å². The molecule has 1 N–H and O–H groups in total. The van der Waals surface area contributed by atoms with Gasteiger partial charge in [0.1, 0.15) is 5.82 Å². The van der Waals surface area contributed by atoms with E-state index in [4.69, 9.17) is 0 Å². The summed E-state index contributed by atoms with van der Waals surface area (Å²) in [5.41, 5.74) is 0.354. The highest BCUT2D eigenvalue weighted by atomic mass is 128. The summed E-state index contributed by atoms with van der Waals surface area (Å²) >= 11 is 7.23. The number of anilines is 1. The minimum atomic E-state index is -0.623. The Kier molecular flexibility index (Phi) is 8.71. The SMILES string of the molecule is COC(=O)Nc1ccc(Br)c(F)c1.II. The quantitative estimate of drug-likeness (QED) is 0.574. The molecule has 1 aromatic carbocycles. The molecule has 1 amide bonds. The molecule has 3 nitrogen and oxygen atoms in total. The van der Waals surface area contributed by atoms with Crippen molar-refractivity contribution in [2.75, 3.05) is 12.4 Å². The number of methoxy groups -OCH3 is 1. The first-order valence-electron chi connectivity index (χ1n) is 3.58. The van der Waals surface area contributed by atoms with Gasteiger partial charge in [0.15, 0.2) is 0 Å². The van der Waals surface area contributed by atoms with Crippen LogP contribution >= 0.6 is 53.2 Å². The second-order valence-electron chi connectivity index (χ2n) is 2.25. The smallest absolute Gasteiger partial charge is 0.411 e. The Hall–Kier alpha value is 0.360. The zero-order valence-electron chi connectivity index (χ0n) is 7.56. The number of benzene rings is 1. The van der Waals surface area contributed by atoms with Crippen molar-refractivity contribution in [3.63, 3.8) is 0 Å². The van der Waals surface area contributed by atoms with Crippen molar-refractivity contribution in [3.05, 3.63) is 28.5 Å². The molecule has 0 radical (unpaired) electrons. The highest BCUT2D eigenvalue weighted by Gasteiger charge is 2.03. The molecular formula is C8H7BrFI2NO2. The van der Waals surface area contributed by atoms with Crippen LogP contribution in [0.15, 0.2) is 22.7 Å². The molecule has 0 aliphatic carbocycles. The van der Waals surface area contributed by atoms with E-state index in [-0.39, 0.29) is 0 Å². The van der Waals surface area contributed by atoms with Crippen LogP contribution in [0.1, 0.15) is 0 Å². The van der Waals surface area contributed by atoms with Gasteiger partial charge in [-0.1, -0.05) is 0 Å². The van der Waals surface area contributed by atoms with E-state index in [0.717, 1.165) is 0 Å². The van der Waals surface area contributed by atoms with Gasteiger partial charge in [-0.05, 0) is 34.1 Å². The molecule has 1 rings (SSSR count). The Labute approximate surface area is 119 Å². The number of ether oxygens (including phenoxy) is 1. The van der Waals surface area contributed by atoms with Crippen molar-refractivity contribution in [1.82, 2.24) is 0 Å². The van der Waals surface area contributed by atoms with Gasteiger partial charge in [0.25, 0.3) is 0 Å². The second kappa shape index (κ2) is 8.50. The molecular weight excluding hydrogens is 495 g/mol. The van der Waals surface area contributed by atoms with Crippen molar-refractivity contribution in [2.45, 2.75) is 0 Å². The Morgan fingerprint density at radius 2 is 2.13 bits per heavy atom. The van der Waals surface area contributed by atoms with Gasteiger partial charge >= 0.3 is 6.09 Å². The minimum absolute atomic E-state index is 0.350. The van der Waals surface area contributed by atoms with Crippen LogP contribution in [-0.2, 0) is 4.74 Å². The molecule has 0 saturated carbocycles. The lowest BCUT2D eigenvalue weighted by Gasteiger charge is -2.03. The minimum Gasteiger partial charge on any atom is -0.453 e. The average Bonchev–Trinajstić information content (AvgIpc) is 2.26. The molecule has 0 atom stereocenters. The topological polar surface area (TPSA) is 38.3 Å². The third kappa shape index (κ3) is 5.85. The normalized spacial score (nSPS) is 8.60. The van der Waals surface area contributed by atoms with Gasteiger partial charge in [0.05, 0.1) is 11.6 Å². The Bertz CT molecular complexity index is 338. The van der Waals surface area contributed by atoms with Gasteiger partial charge in [0.2, 0.25) is 0 Å². The van der Waals surface area contributed by atoms with Gasteiger partial charge in [-0.15, -0.1) is 0 Å². The molecule has 0 bridgehead atoms. The van der Waals surface area contributed by atoms with Gasteiger partial charge in [-0.3, -0.25) is 5.32 Å². The average molecular weight is 502 g/mol. The fourth-order valence-corrected chi connectivity index (χ4v) is 0.989. The highest BCUT2D eigenvalue weighted by molar-refractivity contribution is 15.0. The number of carbonyl (C=O) groups is 1. The fraction of sp³-hybridized carbons (Fsp3) is 0.125. The fourth-order valence-electron chi connectivity index (χ4n) is 0.743. The first-order valence-corrected chi connectivity index (χ1v) is 10.7. The maximum Gasteiger partial charge on any atom is 0.411 e. The monoisotopic (exact) mass is 501 g/mol. The number of nitrogens with one attached hydrogen (secondary N) is 1. The summed E-state index contributed by atoms with van der Waals surface area (Å²) in [4.78, 5) is 10.7. The van der Waals surface area contributed by atoms with Crippen LogP contribution in [-0.4, -0.2) is 13.2 Å². The van der Waals surface area contributed by atoms with E-state index in [1.54, 1.807) is 6.07 Å². The third-order valence-electron chi connectivity index (χ3n) is 1.35. The number of rotatable bonds is 1. The zero-order valence-corrected chi connectivity index (χ0v) is 13.5. The predicted octanol–water partition coefficient (Wildman–Crippen LogP) is 4.54. The van der Waals surface area contributed by atoms with Crippen LogP contribution < -0.4 is 5.32 Å². The van der Waals surface area contributed by atoms with Crippen LogP contribution in [0.4, 0.5) is 14.9 Å². The van der Waals surface area contributed by atoms with E-state index in [2.05, 4.69) is 63.2 Å². The van der Waals surface area contributed by atoms with Crippen LogP contribution in [0, 0.1) is 5.82 Å². The van der Waals surface area contributed by atoms with Gasteiger partial charge in [-0.25, -0.2) is 9.18 Å². The van der Waals surface area contributed by atoms with Crippen LogP contribution in [0.25, 0.3) is 0 Å². The zero-order chi connectivity index (χ0) is 11.8. The molecule has 0 saturated heterocycles. The standard InChI is InChI=1S/C8H7BrFNO2.I2/c1-13-8(12)11-5-2-3-6(9)7(10)4-5;1-2/h2-4H,1H3,(H,11,12);. The maximum atomic E-state index is 12.9. The molecule has 0 aliphatic rings. The summed E-state index contributed by atoms with van der Waals surface area (Å²) in [7, 11) is 1.24. The number of hydrogen-bond donors (Lipinski definition) is 1.